The monoisotopic (exact) mass is 684 g/mol. The van der Waals surface area contributed by atoms with Gasteiger partial charge >= 0.3 is 12.5 Å². The first-order valence-electron chi connectivity index (χ1n) is 15.4. The Morgan fingerprint density at radius 3 is 1.81 bits per heavy atom. The third-order valence-electron chi connectivity index (χ3n) is 8.58. The van der Waals surface area contributed by atoms with E-state index in [9.17, 15) is 35.1 Å². The van der Waals surface area contributed by atoms with Crippen molar-refractivity contribution in [2.24, 2.45) is 5.92 Å². The van der Waals surface area contributed by atoms with Gasteiger partial charge in [-0.25, -0.2) is 22.0 Å². The van der Waals surface area contributed by atoms with Gasteiger partial charge in [0.25, 0.3) is 0 Å². The lowest BCUT2D eigenvalue weighted by Gasteiger charge is -2.29. The molecule has 0 unspecified atom stereocenters. The molecule has 1 saturated carbocycles. The smallest absolute Gasteiger partial charge is 0.429 e. The Morgan fingerprint density at radius 1 is 0.625 bits per heavy atom. The van der Waals surface area contributed by atoms with Crippen LogP contribution in [-0.4, -0.2) is 6.36 Å². The second-order valence-electron chi connectivity index (χ2n) is 11.9. The van der Waals surface area contributed by atoms with Gasteiger partial charge in [-0.05, 0) is 90.6 Å². The van der Waals surface area contributed by atoms with Gasteiger partial charge in [-0.15, -0.1) is 13.2 Å². The van der Waals surface area contributed by atoms with Gasteiger partial charge < -0.3 is 9.47 Å². The van der Waals surface area contributed by atoms with Gasteiger partial charge in [-0.1, -0.05) is 50.5 Å². The van der Waals surface area contributed by atoms with Crippen molar-refractivity contribution >= 4 is 0 Å². The third kappa shape index (κ3) is 8.07. The maximum absolute atomic E-state index is 15.3. The highest BCUT2D eigenvalue weighted by Gasteiger charge is 2.42. The first-order valence-corrected chi connectivity index (χ1v) is 15.4. The minimum Gasteiger partial charge on any atom is -0.429 e. The van der Waals surface area contributed by atoms with E-state index in [0.717, 1.165) is 49.8 Å². The van der Waals surface area contributed by atoms with Crippen molar-refractivity contribution < 1.29 is 53.4 Å². The molecule has 0 spiro atoms. The van der Waals surface area contributed by atoms with Crippen LogP contribution in [0.1, 0.15) is 68.9 Å². The van der Waals surface area contributed by atoms with E-state index in [-0.39, 0.29) is 28.7 Å². The van der Waals surface area contributed by atoms with E-state index in [1.54, 1.807) is 6.07 Å². The van der Waals surface area contributed by atoms with Gasteiger partial charge in [-0.3, -0.25) is 0 Å². The van der Waals surface area contributed by atoms with Crippen molar-refractivity contribution in [1.29, 1.82) is 0 Å². The van der Waals surface area contributed by atoms with Crippen LogP contribution in [-0.2, 0) is 6.11 Å². The van der Waals surface area contributed by atoms with E-state index in [2.05, 4.69) is 16.4 Å². The summed E-state index contributed by atoms with van der Waals surface area (Å²) in [6, 6.07) is 10.0. The zero-order valence-electron chi connectivity index (χ0n) is 25.6. The van der Waals surface area contributed by atoms with E-state index >= 15 is 8.78 Å². The molecule has 5 rings (SSSR count). The molecule has 0 amide bonds. The van der Waals surface area contributed by atoms with Crippen molar-refractivity contribution in [2.75, 3.05) is 0 Å². The summed E-state index contributed by atoms with van der Waals surface area (Å²) in [5.74, 6) is -8.48. The molecule has 1 fully saturated rings. The number of hydrogen-bond donors (Lipinski definition) is 0. The van der Waals surface area contributed by atoms with Crippen molar-refractivity contribution in [1.82, 2.24) is 0 Å². The largest absolute Gasteiger partial charge is 0.573 e. The summed E-state index contributed by atoms with van der Waals surface area (Å²) in [5.41, 5.74) is -1.60. The lowest BCUT2D eigenvalue weighted by molar-refractivity contribution is -0.275. The summed E-state index contributed by atoms with van der Waals surface area (Å²) in [4.78, 5) is 0. The van der Waals surface area contributed by atoms with Gasteiger partial charge in [0.2, 0.25) is 0 Å². The summed E-state index contributed by atoms with van der Waals surface area (Å²) < 4.78 is 149. The number of ether oxygens (including phenoxy) is 2. The number of benzene rings is 4. The second-order valence-corrected chi connectivity index (χ2v) is 11.9. The Balaban J connectivity index is 1.32. The van der Waals surface area contributed by atoms with E-state index in [4.69, 9.17) is 0 Å². The Labute approximate surface area is 270 Å². The molecule has 0 aliphatic heterocycles. The van der Waals surface area contributed by atoms with Gasteiger partial charge in [0.05, 0.1) is 0 Å². The van der Waals surface area contributed by atoms with Crippen LogP contribution in [0.5, 0.6) is 11.5 Å². The molecule has 48 heavy (non-hydrogen) atoms. The minimum absolute atomic E-state index is 0.111. The summed E-state index contributed by atoms with van der Waals surface area (Å²) in [7, 11) is 0. The van der Waals surface area contributed by atoms with Crippen molar-refractivity contribution in [3.05, 3.63) is 107 Å². The number of rotatable bonds is 10. The lowest BCUT2D eigenvalue weighted by atomic mass is 9.77. The standard InChI is InChI=1S/C36H30F10O2/c1-2-3-4-20-5-7-21(8-6-20)22-9-12-26(28(37)15-22)23-10-13-27(29(38)16-23)24-17-31(40)34(32(41)18-24)35(42,43)47-25-11-14-33(30(39)19-25)48-36(44,45)46/h9-21H,2-8H2,1H3. The quantitative estimate of drug-likeness (QED) is 0.155. The van der Waals surface area contributed by atoms with Crippen LogP contribution in [0.15, 0.2) is 66.7 Å². The van der Waals surface area contributed by atoms with E-state index < -0.39 is 64.2 Å². The number of alkyl halides is 5. The average molecular weight is 685 g/mol. The second kappa shape index (κ2) is 14.1. The number of hydrogen-bond acceptors (Lipinski definition) is 2. The van der Waals surface area contributed by atoms with Crippen LogP contribution in [0.2, 0.25) is 0 Å². The Morgan fingerprint density at radius 2 is 1.23 bits per heavy atom. The first kappa shape index (κ1) is 35.1. The SMILES string of the molecule is CCCCC1CCC(c2ccc(-c3ccc(-c4cc(F)c(C(F)(F)Oc5ccc(OC(F)(F)F)c(F)c5)c(F)c4)c(F)c3)c(F)c2)CC1. The summed E-state index contributed by atoms with van der Waals surface area (Å²) >= 11 is 0. The van der Waals surface area contributed by atoms with Crippen LogP contribution in [0, 0.1) is 35.0 Å². The van der Waals surface area contributed by atoms with E-state index in [0.29, 0.717) is 30.2 Å². The predicted molar refractivity (Wildman–Crippen MR) is 159 cm³/mol. The van der Waals surface area contributed by atoms with Crippen molar-refractivity contribution in [2.45, 2.75) is 70.3 Å². The van der Waals surface area contributed by atoms with Gasteiger partial charge in [0.15, 0.2) is 11.6 Å². The van der Waals surface area contributed by atoms with E-state index in [1.807, 2.05) is 6.07 Å². The molecule has 4 aromatic carbocycles. The first-order chi connectivity index (χ1) is 22.6. The average Bonchev–Trinajstić information content (AvgIpc) is 3.00. The third-order valence-corrected chi connectivity index (χ3v) is 8.58. The maximum atomic E-state index is 15.3. The fraction of sp³-hybridized carbons (Fsp3) is 0.333. The highest BCUT2D eigenvalue weighted by molar-refractivity contribution is 5.72. The molecule has 0 N–H and O–H groups in total. The molecule has 0 bridgehead atoms. The van der Waals surface area contributed by atoms with Crippen molar-refractivity contribution in [3.63, 3.8) is 0 Å². The molecule has 1 aliphatic rings. The molecule has 0 radical (unpaired) electrons. The van der Waals surface area contributed by atoms with Gasteiger partial charge in [0.1, 0.15) is 34.6 Å². The molecule has 0 aromatic heterocycles. The Bertz CT molecular complexity index is 1740. The fourth-order valence-corrected chi connectivity index (χ4v) is 6.17. The highest BCUT2D eigenvalue weighted by atomic mass is 19.4. The fourth-order valence-electron chi connectivity index (χ4n) is 6.17. The molecular formula is C36H30F10O2. The van der Waals surface area contributed by atoms with Crippen LogP contribution in [0.4, 0.5) is 43.9 Å². The molecule has 4 aromatic rings. The van der Waals surface area contributed by atoms with E-state index in [1.165, 1.54) is 25.0 Å². The highest BCUT2D eigenvalue weighted by Crippen LogP contribution is 2.41. The van der Waals surface area contributed by atoms with Crippen LogP contribution in [0.25, 0.3) is 22.3 Å². The lowest BCUT2D eigenvalue weighted by Crippen LogP contribution is -2.25. The number of halogens is 10. The minimum atomic E-state index is -5.27. The van der Waals surface area contributed by atoms with Crippen LogP contribution < -0.4 is 9.47 Å². The molecular weight excluding hydrogens is 654 g/mol. The molecule has 0 atom stereocenters. The molecule has 0 heterocycles. The summed E-state index contributed by atoms with van der Waals surface area (Å²) in [5, 5.41) is 0. The topological polar surface area (TPSA) is 18.5 Å². The molecule has 256 valence electrons. The molecule has 0 saturated heterocycles. The molecule has 1 aliphatic carbocycles. The summed E-state index contributed by atoms with van der Waals surface area (Å²) in [6.07, 6.45) is -2.37. The van der Waals surface area contributed by atoms with Crippen LogP contribution in [0.3, 0.4) is 0 Å². The Hall–Kier alpha value is -4.22. The predicted octanol–water partition coefficient (Wildman–Crippen LogP) is 12.2. The van der Waals surface area contributed by atoms with Crippen LogP contribution >= 0.6 is 0 Å². The number of unbranched alkanes of at least 4 members (excludes halogenated alkanes) is 1. The van der Waals surface area contributed by atoms with Gasteiger partial charge in [0, 0.05) is 17.2 Å². The van der Waals surface area contributed by atoms with Crippen molar-refractivity contribution in [3.8, 4) is 33.8 Å². The Kier molecular flexibility index (Phi) is 10.3. The maximum Gasteiger partial charge on any atom is 0.573 e. The summed E-state index contributed by atoms with van der Waals surface area (Å²) in [6.45, 7) is 2.16. The molecule has 2 nitrogen and oxygen atoms in total. The van der Waals surface area contributed by atoms with Gasteiger partial charge in [-0.2, -0.15) is 8.78 Å². The zero-order chi connectivity index (χ0) is 34.8. The zero-order valence-corrected chi connectivity index (χ0v) is 25.6. The molecule has 12 heteroatoms. The normalized spacial score (nSPS) is 17.0.